The molecule has 0 atom stereocenters. The van der Waals surface area contributed by atoms with E-state index in [1.165, 1.54) is 19.3 Å². The summed E-state index contributed by atoms with van der Waals surface area (Å²) < 4.78 is 0.917. The molecule has 1 aromatic carbocycles. The van der Waals surface area contributed by atoms with Gasteiger partial charge in [-0.1, -0.05) is 15.9 Å². The number of nitrogens with zero attached hydrogens (tertiary/aromatic N) is 1. The van der Waals surface area contributed by atoms with Crippen LogP contribution >= 0.6 is 15.9 Å². The minimum absolute atomic E-state index is 0.0206. The molecule has 144 valence electrons. The minimum atomic E-state index is -0.275. The van der Waals surface area contributed by atoms with Crippen LogP contribution in [0.2, 0.25) is 0 Å². The topological polar surface area (TPSA) is 70.6 Å². The smallest absolute Gasteiger partial charge is 0.271 e. The molecule has 4 aliphatic rings. The molecule has 2 amide bonds. The van der Waals surface area contributed by atoms with Gasteiger partial charge in [-0.3, -0.25) is 9.59 Å². The fraction of sp³-hybridized carbons (Fsp3) is 0.571. The molecule has 5 nitrogen and oxygen atoms in total. The zero-order valence-corrected chi connectivity index (χ0v) is 17.2. The lowest BCUT2D eigenvalue weighted by atomic mass is 9.53. The summed E-state index contributed by atoms with van der Waals surface area (Å²) in [6, 6.07) is 7.07. The van der Waals surface area contributed by atoms with Crippen LogP contribution in [-0.4, -0.2) is 23.1 Å². The van der Waals surface area contributed by atoms with E-state index in [0.29, 0.717) is 11.3 Å². The Hall–Kier alpha value is -1.69. The Balaban J connectivity index is 1.31. The summed E-state index contributed by atoms with van der Waals surface area (Å²) in [5, 5.41) is 7.45. The molecule has 0 aliphatic heterocycles. The first-order chi connectivity index (χ1) is 12.9. The normalized spacial score (nSPS) is 31.6. The Kier molecular flexibility index (Phi) is 5.10. The highest BCUT2D eigenvalue weighted by molar-refractivity contribution is 9.10. The van der Waals surface area contributed by atoms with Crippen LogP contribution in [0.4, 0.5) is 0 Å². The number of benzene rings is 1. The van der Waals surface area contributed by atoms with Crippen LogP contribution in [0.3, 0.4) is 0 Å². The second-order valence-electron chi connectivity index (χ2n) is 8.72. The Morgan fingerprint density at radius 3 is 2.19 bits per heavy atom. The van der Waals surface area contributed by atoms with Gasteiger partial charge in [-0.2, -0.15) is 5.10 Å². The van der Waals surface area contributed by atoms with Crippen molar-refractivity contribution in [2.24, 2.45) is 22.9 Å². The van der Waals surface area contributed by atoms with E-state index in [0.717, 1.165) is 41.5 Å². The van der Waals surface area contributed by atoms with Crippen molar-refractivity contribution in [3.05, 3.63) is 34.3 Å². The van der Waals surface area contributed by atoms with Crippen molar-refractivity contribution in [2.75, 3.05) is 0 Å². The SMILES string of the molecule is CC(CC(=O)NC12CC3CC(CC(C3)C1)C2)=NNC(=O)c1ccc(Br)cc1. The van der Waals surface area contributed by atoms with E-state index >= 15 is 0 Å². The summed E-state index contributed by atoms with van der Waals surface area (Å²) in [6.07, 6.45) is 7.72. The number of nitrogens with one attached hydrogen (secondary N) is 2. The van der Waals surface area contributed by atoms with Gasteiger partial charge in [0, 0.05) is 21.3 Å². The zero-order valence-electron chi connectivity index (χ0n) is 15.6. The van der Waals surface area contributed by atoms with Crippen molar-refractivity contribution in [3.8, 4) is 0 Å². The van der Waals surface area contributed by atoms with Crippen molar-refractivity contribution >= 4 is 33.5 Å². The van der Waals surface area contributed by atoms with E-state index < -0.39 is 0 Å². The van der Waals surface area contributed by atoms with Crippen molar-refractivity contribution in [3.63, 3.8) is 0 Å². The molecule has 0 heterocycles. The molecule has 4 fully saturated rings. The zero-order chi connectivity index (χ0) is 19.0. The maximum Gasteiger partial charge on any atom is 0.271 e. The quantitative estimate of drug-likeness (QED) is 0.545. The van der Waals surface area contributed by atoms with E-state index in [9.17, 15) is 9.59 Å². The van der Waals surface area contributed by atoms with Gasteiger partial charge in [-0.25, -0.2) is 5.43 Å². The standard InChI is InChI=1S/C21H26BrN3O2/c1-13(24-25-20(27)17-2-4-18(22)5-3-17)6-19(26)23-21-10-14-7-15(11-21)9-16(8-14)12-21/h2-5,14-16H,6-12H2,1H3,(H,23,26)(H,25,27). The summed E-state index contributed by atoms with van der Waals surface area (Å²) in [6.45, 7) is 1.78. The maximum atomic E-state index is 12.6. The Morgan fingerprint density at radius 1 is 1.07 bits per heavy atom. The minimum Gasteiger partial charge on any atom is -0.350 e. The summed E-state index contributed by atoms with van der Waals surface area (Å²) >= 11 is 3.35. The van der Waals surface area contributed by atoms with Gasteiger partial charge in [0.1, 0.15) is 0 Å². The van der Waals surface area contributed by atoms with Gasteiger partial charge in [0.05, 0.1) is 6.42 Å². The number of hydrogen-bond acceptors (Lipinski definition) is 3. The van der Waals surface area contributed by atoms with Gasteiger partial charge < -0.3 is 5.32 Å². The van der Waals surface area contributed by atoms with E-state index in [1.54, 1.807) is 19.1 Å². The number of hydrogen-bond donors (Lipinski definition) is 2. The van der Waals surface area contributed by atoms with Gasteiger partial charge in [0.25, 0.3) is 5.91 Å². The van der Waals surface area contributed by atoms with Crippen LogP contribution < -0.4 is 10.7 Å². The number of amides is 2. The molecule has 27 heavy (non-hydrogen) atoms. The average molecular weight is 432 g/mol. The van der Waals surface area contributed by atoms with Gasteiger partial charge in [-0.15, -0.1) is 0 Å². The monoisotopic (exact) mass is 431 g/mol. The number of hydrazone groups is 1. The predicted molar refractivity (Wildman–Crippen MR) is 108 cm³/mol. The van der Waals surface area contributed by atoms with E-state index in [4.69, 9.17) is 0 Å². The molecule has 0 radical (unpaired) electrons. The van der Waals surface area contributed by atoms with Crippen LogP contribution in [0.25, 0.3) is 0 Å². The highest BCUT2D eigenvalue weighted by Crippen LogP contribution is 2.55. The molecular weight excluding hydrogens is 406 g/mol. The third-order valence-corrected chi connectivity index (χ3v) is 6.84. The van der Waals surface area contributed by atoms with Gasteiger partial charge >= 0.3 is 0 Å². The molecule has 0 saturated heterocycles. The lowest BCUT2D eigenvalue weighted by molar-refractivity contribution is -0.125. The number of carbonyl (C=O) groups excluding carboxylic acids is 2. The Bertz CT molecular complexity index is 737. The molecule has 1 aromatic rings. The lowest BCUT2D eigenvalue weighted by Gasteiger charge is -2.56. The molecule has 4 aliphatic carbocycles. The summed E-state index contributed by atoms with van der Waals surface area (Å²) in [4.78, 5) is 24.7. The number of rotatable bonds is 5. The van der Waals surface area contributed by atoms with E-state index in [1.807, 2.05) is 12.1 Å². The van der Waals surface area contributed by atoms with Crippen LogP contribution in [0.5, 0.6) is 0 Å². The molecular formula is C21H26BrN3O2. The highest BCUT2D eigenvalue weighted by atomic mass is 79.9. The van der Waals surface area contributed by atoms with Crippen LogP contribution in [0, 0.1) is 17.8 Å². The third kappa shape index (κ3) is 4.26. The third-order valence-electron chi connectivity index (χ3n) is 6.31. The largest absolute Gasteiger partial charge is 0.350 e. The molecule has 0 aromatic heterocycles. The van der Waals surface area contributed by atoms with Gasteiger partial charge in [-0.05, 0) is 87.5 Å². The van der Waals surface area contributed by atoms with E-state index in [2.05, 4.69) is 31.8 Å². The molecule has 4 bridgehead atoms. The van der Waals surface area contributed by atoms with Crippen molar-refractivity contribution < 1.29 is 9.59 Å². The van der Waals surface area contributed by atoms with Crippen LogP contribution in [-0.2, 0) is 4.79 Å². The fourth-order valence-corrected chi connectivity index (χ4v) is 5.95. The molecule has 2 N–H and O–H groups in total. The highest BCUT2D eigenvalue weighted by Gasteiger charge is 2.51. The van der Waals surface area contributed by atoms with Gasteiger partial charge in [0.2, 0.25) is 5.91 Å². The first-order valence-corrected chi connectivity index (χ1v) is 10.6. The maximum absolute atomic E-state index is 12.6. The molecule has 4 saturated carbocycles. The summed E-state index contributed by atoms with van der Waals surface area (Å²) in [5.74, 6) is 2.16. The first-order valence-electron chi connectivity index (χ1n) is 9.81. The van der Waals surface area contributed by atoms with Crippen molar-refractivity contribution in [1.82, 2.24) is 10.7 Å². The van der Waals surface area contributed by atoms with Crippen LogP contribution in [0.15, 0.2) is 33.8 Å². The second-order valence-corrected chi connectivity index (χ2v) is 9.63. The van der Waals surface area contributed by atoms with Gasteiger partial charge in [0.15, 0.2) is 0 Å². The predicted octanol–water partition coefficient (Wildman–Crippen LogP) is 4.03. The van der Waals surface area contributed by atoms with E-state index in [-0.39, 0.29) is 23.8 Å². The van der Waals surface area contributed by atoms with Crippen molar-refractivity contribution in [2.45, 2.75) is 57.4 Å². The first kappa shape index (κ1) is 18.7. The second kappa shape index (κ2) is 7.38. The number of halogens is 1. The summed E-state index contributed by atoms with van der Waals surface area (Å²) in [7, 11) is 0. The Labute approximate surface area is 168 Å². The fourth-order valence-electron chi connectivity index (χ4n) is 5.69. The average Bonchev–Trinajstić information content (AvgIpc) is 2.58. The number of carbonyl (C=O) groups is 2. The Morgan fingerprint density at radius 2 is 1.63 bits per heavy atom. The van der Waals surface area contributed by atoms with Crippen molar-refractivity contribution in [1.29, 1.82) is 0 Å². The molecule has 0 unspecified atom stereocenters. The summed E-state index contributed by atoms with van der Waals surface area (Å²) in [5.41, 5.74) is 3.71. The molecule has 6 heteroatoms. The molecule has 0 spiro atoms. The lowest BCUT2D eigenvalue weighted by Crippen LogP contribution is -2.60. The van der Waals surface area contributed by atoms with Crippen LogP contribution in [0.1, 0.15) is 62.2 Å². The molecule has 5 rings (SSSR count).